The van der Waals surface area contributed by atoms with Crippen molar-refractivity contribution in [2.45, 2.75) is 65.1 Å². The predicted octanol–water partition coefficient (Wildman–Crippen LogP) is 5.07. The van der Waals surface area contributed by atoms with Gasteiger partial charge in [-0.15, -0.1) is 0 Å². The number of carbonyl (C=O) groups excluding carboxylic acids is 1. The van der Waals surface area contributed by atoms with E-state index < -0.39 is 10.1 Å². The van der Waals surface area contributed by atoms with E-state index in [4.69, 9.17) is 16.2 Å². The minimum atomic E-state index is -4.04. The van der Waals surface area contributed by atoms with Crippen molar-refractivity contribution < 1.29 is 17.8 Å². The zero-order valence-electron chi connectivity index (χ0n) is 25.1. The number of carbonyl (C=O) groups is 1. The molecule has 1 aliphatic carbocycles. The summed E-state index contributed by atoms with van der Waals surface area (Å²) in [6.45, 7) is 4.59. The second-order valence-corrected chi connectivity index (χ2v) is 13.9. The first-order chi connectivity index (χ1) is 21.5. The van der Waals surface area contributed by atoms with Crippen LogP contribution in [0.5, 0.6) is 0 Å². The molecule has 0 aliphatic heterocycles. The van der Waals surface area contributed by atoms with Crippen LogP contribution in [0.2, 0.25) is 5.02 Å². The van der Waals surface area contributed by atoms with Crippen molar-refractivity contribution >= 4 is 49.6 Å². The normalized spacial score (nSPS) is 17.2. The summed E-state index contributed by atoms with van der Waals surface area (Å²) in [5.74, 6) is -0.214. The summed E-state index contributed by atoms with van der Waals surface area (Å²) < 4.78 is 36.7. The number of imidazole rings is 1. The Morgan fingerprint density at radius 3 is 2.49 bits per heavy atom. The van der Waals surface area contributed by atoms with Crippen LogP contribution in [0.4, 0.5) is 0 Å². The lowest BCUT2D eigenvalue weighted by atomic mass is 9.85. The fraction of sp³-hybridized carbons (Fsp3) is 0.375. The van der Waals surface area contributed by atoms with E-state index in [2.05, 4.69) is 15.4 Å². The number of fused-ring (bicyclic) bond motifs is 2. The van der Waals surface area contributed by atoms with Crippen LogP contribution in [0.25, 0.3) is 27.6 Å². The van der Waals surface area contributed by atoms with Crippen LogP contribution in [0.1, 0.15) is 53.8 Å². The quantitative estimate of drug-likeness (QED) is 0.212. The van der Waals surface area contributed by atoms with Gasteiger partial charge in [0.1, 0.15) is 0 Å². The molecule has 5 aromatic rings. The summed E-state index contributed by atoms with van der Waals surface area (Å²) in [7, 11) is -4.04. The topological polar surface area (TPSA) is 141 Å². The Labute approximate surface area is 265 Å². The fourth-order valence-electron chi connectivity index (χ4n) is 6.42. The minimum Gasteiger partial charge on any atom is -0.349 e. The van der Waals surface area contributed by atoms with Crippen molar-refractivity contribution in [2.75, 3.05) is 5.75 Å². The molecule has 11 nitrogen and oxygen atoms in total. The first-order valence-corrected chi connectivity index (χ1v) is 17.0. The van der Waals surface area contributed by atoms with Crippen LogP contribution in [0, 0.1) is 19.8 Å². The van der Waals surface area contributed by atoms with Gasteiger partial charge in [0.25, 0.3) is 16.0 Å². The molecule has 0 saturated heterocycles. The lowest BCUT2D eigenvalue weighted by Crippen LogP contribution is -2.39. The monoisotopic (exact) mass is 650 g/mol. The number of pyridine rings is 1. The number of nitrogens with zero attached hydrogens (tertiary/aromatic N) is 5. The van der Waals surface area contributed by atoms with Gasteiger partial charge in [0.15, 0.2) is 0 Å². The van der Waals surface area contributed by atoms with E-state index in [1.54, 1.807) is 22.2 Å². The molecule has 1 amide bonds. The highest BCUT2D eigenvalue weighted by molar-refractivity contribution is 7.85. The van der Waals surface area contributed by atoms with E-state index in [9.17, 15) is 18.0 Å². The van der Waals surface area contributed by atoms with Gasteiger partial charge in [0.2, 0.25) is 0 Å². The highest BCUT2D eigenvalue weighted by atomic mass is 35.5. The van der Waals surface area contributed by atoms with Gasteiger partial charge in [-0.1, -0.05) is 23.7 Å². The standard InChI is InChI=1S/C32H35ClN6O5S/c1-20-27(16-23(33)18-34-20)31(40)35-24-10-8-22(9-11-24)19-37-29-6-3-4-7-30(29)39(32(37)41)25-12-13-28-26(17-25)21(2)36-38(28)14-5-15-45(42,43)44/h3-4,6-7,12-13,16-18,22,24H,5,8-11,14-15,19H2,1-2H3,(H,35,40)(H,42,43,44). The third-order valence-corrected chi connectivity index (χ3v) is 9.72. The summed E-state index contributed by atoms with van der Waals surface area (Å²) in [4.78, 5) is 31.1. The Bertz CT molecular complexity index is 2080. The highest BCUT2D eigenvalue weighted by Gasteiger charge is 2.26. The van der Waals surface area contributed by atoms with Crippen molar-refractivity contribution in [3.8, 4) is 5.69 Å². The third kappa shape index (κ3) is 6.54. The lowest BCUT2D eigenvalue weighted by Gasteiger charge is -2.29. The number of hydrogen-bond donors (Lipinski definition) is 2. The smallest absolute Gasteiger partial charge is 0.333 e. The second kappa shape index (κ2) is 12.4. The SMILES string of the molecule is Cc1ncc(Cl)cc1C(=O)NC1CCC(Cn2c(=O)n(-c3ccc4c(c3)c(C)nn4CCCS(=O)(=O)O)c3ccccc32)CC1. The van der Waals surface area contributed by atoms with E-state index in [0.29, 0.717) is 29.4 Å². The maximum atomic E-state index is 14.0. The number of benzene rings is 2. The molecule has 2 aromatic carbocycles. The van der Waals surface area contributed by atoms with Crippen LogP contribution < -0.4 is 11.0 Å². The third-order valence-electron chi connectivity index (χ3n) is 8.71. The van der Waals surface area contributed by atoms with E-state index >= 15 is 0 Å². The molecule has 3 aromatic heterocycles. The van der Waals surface area contributed by atoms with Gasteiger partial charge in [-0.25, -0.2) is 4.79 Å². The molecule has 0 unspecified atom stereocenters. The van der Waals surface area contributed by atoms with Crippen LogP contribution in [0.15, 0.2) is 59.5 Å². The number of hydrogen-bond acceptors (Lipinski definition) is 6. The molecule has 1 fully saturated rings. The number of para-hydroxylation sites is 2. The molecule has 0 spiro atoms. The van der Waals surface area contributed by atoms with Gasteiger partial charge < -0.3 is 5.32 Å². The van der Waals surface area contributed by atoms with E-state index in [1.165, 1.54) is 6.20 Å². The lowest BCUT2D eigenvalue weighted by molar-refractivity contribution is 0.0919. The van der Waals surface area contributed by atoms with Crippen molar-refractivity contribution in [1.29, 1.82) is 0 Å². The first-order valence-electron chi connectivity index (χ1n) is 15.0. The number of nitrogens with one attached hydrogen (secondary N) is 1. The predicted molar refractivity (Wildman–Crippen MR) is 174 cm³/mol. The Hall–Kier alpha value is -4.00. The summed E-state index contributed by atoms with van der Waals surface area (Å²) in [5, 5.41) is 9.01. The minimum absolute atomic E-state index is 0.0501. The molecule has 6 rings (SSSR count). The zero-order valence-corrected chi connectivity index (χ0v) is 26.7. The van der Waals surface area contributed by atoms with E-state index in [0.717, 1.165) is 59.0 Å². The van der Waals surface area contributed by atoms with E-state index in [-0.39, 0.29) is 35.7 Å². The molecule has 13 heteroatoms. The summed E-state index contributed by atoms with van der Waals surface area (Å²) in [5.41, 5.74) is 5.00. The Morgan fingerprint density at radius 1 is 1.02 bits per heavy atom. The number of halogens is 1. The molecule has 236 valence electrons. The molecule has 0 bridgehead atoms. The van der Waals surface area contributed by atoms with Crippen LogP contribution in [-0.2, 0) is 23.2 Å². The summed E-state index contributed by atoms with van der Waals surface area (Å²) in [6.07, 6.45) is 5.17. The Kier molecular flexibility index (Phi) is 8.55. The molecule has 3 heterocycles. The molecule has 1 aliphatic rings. The van der Waals surface area contributed by atoms with Gasteiger partial charge in [0.05, 0.1) is 50.0 Å². The molecular formula is C32H35ClN6O5S. The molecule has 45 heavy (non-hydrogen) atoms. The van der Waals surface area contributed by atoms with Crippen molar-refractivity contribution in [3.05, 3.63) is 87.2 Å². The Morgan fingerprint density at radius 2 is 1.76 bits per heavy atom. The maximum Gasteiger partial charge on any atom is 0.333 e. The van der Waals surface area contributed by atoms with Gasteiger partial charge in [-0.2, -0.15) is 13.5 Å². The number of rotatable bonds is 9. The molecule has 0 radical (unpaired) electrons. The largest absolute Gasteiger partial charge is 0.349 e. The number of aromatic nitrogens is 5. The fourth-order valence-corrected chi connectivity index (χ4v) is 7.07. The van der Waals surface area contributed by atoms with Gasteiger partial charge in [0, 0.05) is 30.7 Å². The molecular weight excluding hydrogens is 616 g/mol. The number of aryl methyl sites for hydroxylation is 3. The first kappa shape index (κ1) is 31.0. The highest BCUT2D eigenvalue weighted by Crippen LogP contribution is 2.29. The van der Waals surface area contributed by atoms with Crippen LogP contribution in [0.3, 0.4) is 0 Å². The van der Waals surface area contributed by atoms with Crippen LogP contribution in [-0.4, -0.2) is 54.6 Å². The zero-order chi connectivity index (χ0) is 31.9. The van der Waals surface area contributed by atoms with Crippen molar-refractivity contribution in [3.63, 3.8) is 0 Å². The summed E-state index contributed by atoms with van der Waals surface area (Å²) >= 11 is 6.06. The van der Waals surface area contributed by atoms with Gasteiger partial charge in [-0.3, -0.25) is 28.1 Å². The molecule has 1 saturated carbocycles. The maximum absolute atomic E-state index is 14.0. The summed E-state index contributed by atoms with van der Waals surface area (Å²) in [6, 6.07) is 15.2. The average Bonchev–Trinajstić information content (AvgIpc) is 3.46. The van der Waals surface area contributed by atoms with Crippen molar-refractivity contribution in [2.24, 2.45) is 5.92 Å². The average molecular weight is 651 g/mol. The van der Waals surface area contributed by atoms with E-state index in [1.807, 2.05) is 54.0 Å². The Balaban J connectivity index is 1.20. The number of amides is 1. The molecule has 2 N–H and O–H groups in total. The molecule has 0 atom stereocenters. The second-order valence-electron chi connectivity index (χ2n) is 11.8. The van der Waals surface area contributed by atoms with Gasteiger partial charge >= 0.3 is 5.69 Å². The van der Waals surface area contributed by atoms with Crippen molar-refractivity contribution in [1.82, 2.24) is 29.2 Å². The van der Waals surface area contributed by atoms with Gasteiger partial charge in [-0.05, 0) is 88.3 Å². The van der Waals surface area contributed by atoms with Crippen LogP contribution >= 0.6 is 11.6 Å².